The van der Waals surface area contributed by atoms with Gasteiger partial charge in [-0.1, -0.05) is 12.8 Å². The summed E-state index contributed by atoms with van der Waals surface area (Å²) in [4.78, 5) is 26.3. The molecule has 0 aromatic carbocycles. The molecule has 1 heterocycles. The van der Waals surface area contributed by atoms with Crippen molar-refractivity contribution >= 4 is 12.0 Å². The SMILES string of the molecule is CN1CC(CCC(=O)O)N(C2CCCC2)C1=O. The molecule has 96 valence electrons. The molecule has 1 aliphatic heterocycles. The fraction of sp³-hybridized carbons (Fsp3) is 0.833. The van der Waals surface area contributed by atoms with Gasteiger partial charge in [0.25, 0.3) is 0 Å². The van der Waals surface area contributed by atoms with Crippen molar-refractivity contribution in [2.75, 3.05) is 13.6 Å². The first-order valence-electron chi connectivity index (χ1n) is 6.35. The summed E-state index contributed by atoms with van der Waals surface area (Å²) in [5, 5.41) is 8.74. The largest absolute Gasteiger partial charge is 0.481 e. The summed E-state index contributed by atoms with van der Waals surface area (Å²) in [6, 6.07) is 0.505. The third-order valence-electron chi connectivity index (χ3n) is 3.83. The van der Waals surface area contributed by atoms with E-state index in [9.17, 15) is 9.59 Å². The van der Waals surface area contributed by atoms with Gasteiger partial charge < -0.3 is 14.9 Å². The van der Waals surface area contributed by atoms with Crippen molar-refractivity contribution in [3.63, 3.8) is 0 Å². The number of nitrogens with zero attached hydrogens (tertiary/aromatic N) is 2. The first-order valence-corrected chi connectivity index (χ1v) is 6.35. The minimum absolute atomic E-state index is 0.0762. The molecule has 0 aromatic heterocycles. The third-order valence-corrected chi connectivity index (χ3v) is 3.83. The van der Waals surface area contributed by atoms with Crippen LogP contribution in [0, 0.1) is 0 Å². The number of carboxylic acid groups (broad SMARTS) is 1. The van der Waals surface area contributed by atoms with Crippen LogP contribution in [0.2, 0.25) is 0 Å². The molecule has 1 aliphatic carbocycles. The summed E-state index contributed by atoms with van der Waals surface area (Å²) >= 11 is 0. The lowest BCUT2D eigenvalue weighted by atomic mass is 10.1. The lowest BCUT2D eigenvalue weighted by molar-refractivity contribution is -0.137. The van der Waals surface area contributed by atoms with Gasteiger partial charge in [-0.15, -0.1) is 0 Å². The highest BCUT2D eigenvalue weighted by molar-refractivity contribution is 5.77. The van der Waals surface area contributed by atoms with Gasteiger partial charge in [0.15, 0.2) is 0 Å². The van der Waals surface area contributed by atoms with E-state index in [4.69, 9.17) is 5.11 Å². The molecule has 2 rings (SSSR count). The Balaban J connectivity index is 2.02. The topological polar surface area (TPSA) is 60.9 Å². The van der Waals surface area contributed by atoms with E-state index >= 15 is 0 Å². The molecular weight excluding hydrogens is 220 g/mol. The van der Waals surface area contributed by atoms with E-state index in [2.05, 4.69) is 0 Å². The number of hydrogen-bond acceptors (Lipinski definition) is 2. The number of carboxylic acids is 1. The van der Waals surface area contributed by atoms with Gasteiger partial charge in [0.05, 0.1) is 6.04 Å². The molecule has 1 unspecified atom stereocenters. The highest BCUT2D eigenvalue weighted by Crippen LogP contribution is 2.30. The molecule has 0 bridgehead atoms. The number of likely N-dealkylation sites (N-methyl/N-ethyl adjacent to an activating group) is 1. The van der Waals surface area contributed by atoms with Crippen LogP contribution in [0.25, 0.3) is 0 Å². The molecule has 17 heavy (non-hydrogen) atoms. The van der Waals surface area contributed by atoms with Crippen LogP contribution in [-0.2, 0) is 4.79 Å². The van der Waals surface area contributed by atoms with Gasteiger partial charge in [-0.2, -0.15) is 0 Å². The summed E-state index contributed by atoms with van der Waals surface area (Å²) in [5.74, 6) is -0.779. The van der Waals surface area contributed by atoms with Crippen molar-refractivity contribution < 1.29 is 14.7 Å². The highest BCUT2D eigenvalue weighted by Gasteiger charge is 2.40. The van der Waals surface area contributed by atoms with Crippen molar-refractivity contribution in [2.45, 2.75) is 50.6 Å². The molecule has 1 N–H and O–H groups in total. The van der Waals surface area contributed by atoms with E-state index in [-0.39, 0.29) is 18.5 Å². The van der Waals surface area contributed by atoms with Crippen LogP contribution in [0.15, 0.2) is 0 Å². The summed E-state index contributed by atoms with van der Waals surface area (Å²) in [5.41, 5.74) is 0. The number of carbonyl (C=O) groups is 2. The second kappa shape index (κ2) is 4.94. The van der Waals surface area contributed by atoms with Crippen LogP contribution in [-0.4, -0.2) is 52.6 Å². The first kappa shape index (κ1) is 12.2. The smallest absolute Gasteiger partial charge is 0.320 e. The second-order valence-corrected chi connectivity index (χ2v) is 5.09. The normalized spacial score (nSPS) is 25.9. The summed E-state index contributed by atoms with van der Waals surface area (Å²) < 4.78 is 0. The summed E-state index contributed by atoms with van der Waals surface area (Å²) in [6.45, 7) is 0.669. The molecule has 0 aromatic rings. The van der Waals surface area contributed by atoms with Crippen molar-refractivity contribution in [3.8, 4) is 0 Å². The molecule has 5 heteroatoms. The Morgan fingerprint density at radius 1 is 1.41 bits per heavy atom. The van der Waals surface area contributed by atoms with Crippen LogP contribution >= 0.6 is 0 Å². The van der Waals surface area contributed by atoms with Crippen LogP contribution < -0.4 is 0 Å². The lowest BCUT2D eigenvalue weighted by Crippen LogP contribution is -2.41. The van der Waals surface area contributed by atoms with Gasteiger partial charge in [0, 0.05) is 26.1 Å². The number of urea groups is 1. The summed E-state index contributed by atoms with van der Waals surface area (Å²) in [6.07, 6.45) is 5.23. The van der Waals surface area contributed by atoms with Crippen LogP contribution in [0.5, 0.6) is 0 Å². The third kappa shape index (κ3) is 2.53. The Morgan fingerprint density at radius 3 is 2.65 bits per heavy atom. The molecule has 0 spiro atoms. The number of amides is 2. The molecule has 5 nitrogen and oxygen atoms in total. The fourth-order valence-electron chi connectivity index (χ4n) is 2.99. The quantitative estimate of drug-likeness (QED) is 0.810. The number of carbonyl (C=O) groups excluding carboxylic acids is 1. The van der Waals surface area contributed by atoms with Crippen LogP contribution in [0.1, 0.15) is 38.5 Å². The Morgan fingerprint density at radius 2 is 2.06 bits per heavy atom. The number of hydrogen-bond donors (Lipinski definition) is 1. The highest BCUT2D eigenvalue weighted by atomic mass is 16.4. The molecule has 2 amide bonds. The van der Waals surface area contributed by atoms with Gasteiger partial charge in [0.2, 0.25) is 0 Å². The van der Waals surface area contributed by atoms with Crippen molar-refractivity contribution in [3.05, 3.63) is 0 Å². The average molecular weight is 240 g/mol. The maximum absolute atomic E-state index is 12.1. The zero-order chi connectivity index (χ0) is 12.4. The zero-order valence-corrected chi connectivity index (χ0v) is 10.3. The van der Waals surface area contributed by atoms with Gasteiger partial charge in [-0.3, -0.25) is 4.79 Å². The Labute approximate surface area is 101 Å². The van der Waals surface area contributed by atoms with E-state index in [1.807, 2.05) is 4.90 Å². The van der Waals surface area contributed by atoms with E-state index < -0.39 is 5.97 Å². The predicted octanol–water partition coefficient (Wildman–Crippen LogP) is 1.53. The van der Waals surface area contributed by atoms with Crippen molar-refractivity contribution in [1.29, 1.82) is 0 Å². The molecular formula is C12H20N2O3. The lowest BCUT2D eigenvalue weighted by Gasteiger charge is -2.29. The van der Waals surface area contributed by atoms with Crippen molar-refractivity contribution in [1.82, 2.24) is 9.80 Å². The van der Waals surface area contributed by atoms with Crippen molar-refractivity contribution in [2.24, 2.45) is 0 Å². The van der Waals surface area contributed by atoms with Crippen LogP contribution in [0.3, 0.4) is 0 Å². The average Bonchev–Trinajstić information content (AvgIpc) is 2.86. The van der Waals surface area contributed by atoms with E-state index in [1.54, 1.807) is 11.9 Å². The monoisotopic (exact) mass is 240 g/mol. The zero-order valence-electron chi connectivity index (χ0n) is 10.3. The molecule has 1 saturated heterocycles. The molecule has 2 aliphatic rings. The molecule has 1 saturated carbocycles. The minimum atomic E-state index is -0.779. The number of aliphatic carboxylic acids is 1. The minimum Gasteiger partial charge on any atom is -0.481 e. The Hall–Kier alpha value is -1.26. The molecule has 0 radical (unpaired) electrons. The second-order valence-electron chi connectivity index (χ2n) is 5.09. The Bertz CT molecular complexity index is 313. The molecule has 1 atom stereocenters. The maximum atomic E-state index is 12.1. The van der Waals surface area contributed by atoms with E-state index in [0.29, 0.717) is 19.0 Å². The van der Waals surface area contributed by atoms with Gasteiger partial charge >= 0.3 is 12.0 Å². The predicted molar refractivity (Wildman–Crippen MR) is 62.8 cm³/mol. The van der Waals surface area contributed by atoms with Gasteiger partial charge in [0.1, 0.15) is 0 Å². The van der Waals surface area contributed by atoms with E-state index in [0.717, 1.165) is 12.8 Å². The standard InChI is InChI=1S/C12H20N2O3/c1-13-8-10(6-7-11(15)16)14(12(13)17)9-4-2-3-5-9/h9-10H,2-8H2,1H3,(H,15,16). The maximum Gasteiger partial charge on any atom is 0.320 e. The van der Waals surface area contributed by atoms with Gasteiger partial charge in [-0.05, 0) is 19.3 Å². The number of rotatable bonds is 4. The van der Waals surface area contributed by atoms with E-state index in [1.165, 1.54) is 12.8 Å². The van der Waals surface area contributed by atoms with Crippen LogP contribution in [0.4, 0.5) is 4.79 Å². The first-order chi connectivity index (χ1) is 8.09. The molecule has 2 fully saturated rings. The summed E-state index contributed by atoms with van der Waals surface area (Å²) in [7, 11) is 1.80. The fourth-order valence-corrected chi connectivity index (χ4v) is 2.99. The van der Waals surface area contributed by atoms with Gasteiger partial charge in [-0.25, -0.2) is 4.79 Å². The Kier molecular flexibility index (Phi) is 3.54.